The van der Waals surface area contributed by atoms with E-state index in [1.807, 2.05) is 32.9 Å². The molecule has 0 aliphatic heterocycles. The third kappa shape index (κ3) is 3.89. The van der Waals surface area contributed by atoms with Gasteiger partial charge in [-0.25, -0.2) is 8.78 Å². The van der Waals surface area contributed by atoms with Crippen LogP contribution >= 0.6 is 0 Å². The van der Waals surface area contributed by atoms with Crippen LogP contribution in [0.2, 0.25) is 0 Å². The molecular weight excluding hydrogens is 226 g/mol. The normalized spacial score (nSPS) is 10.9. The van der Waals surface area contributed by atoms with Gasteiger partial charge < -0.3 is 4.74 Å². The van der Waals surface area contributed by atoms with Gasteiger partial charge in [-0.1, -0.05) is 17.7 Å². The molecule has 0 spiro atoms. The van der Waals surface area contributed by atoms with Gasteiger partial charge in [0.2, 0.25) is 0 Å². The number of alkyl halides is 2. The molecule has 0 fully saturated rings. The quantitative estimate of drug-likeness (QED) is 0.742. The Balaban J connectivity index is 2.76. The Morgan fingerprint density at radius 1 is 1.24 bits per heavy atom. The van der Waals surface area contributed by atoms with E-state index >= 15 is 0 Å². The van der Waals surface area contributed by atoms with Gasteiger partial charge in [-0.2, -0.15) is 0 Å². The molecular formula is C13H16F2O2. The first-order valence-corrected chi connectivity index (χ1v) is 5.38. The molecule has 2 nitrogen and oxygen atoms in total. The first kappa shape index (κ1) is 13.8. The minimum absolute atomic E-state index is 0.249. The molecule has 0 bridgehead atoms. The summed E-state index contributed by atoms with van der Waals surface area (Å²) >= 11 is 0. The second kappa shape index (κ2) is 5.87. The fraction of sp³-hybridized carbons (Fsp3) is 0.462. The molecule has 0 aliphatic carbocycles. The van der Waals surface area contributed by atoms with Crippen LogP contribution in [0.1, 0.15) is 27.0 Å². The summed E-state index contributed by atoms with van der Waals surface area (Å²) in [5.41, 5.74) is 3.36. The number of carbonyl (C=O) groups is 1. The van der Waals surface area contributed by atoms with Gasteiger partial charge in [0, 0.05) is 5.56 Å². The van der Waals surface area contributed by atoms with E-state index in [1.54, 1.807) is 0 Å². The maximum absolute atomic E-state index is 11.9. The number of benzene rings is 1. The van der Waals surface area contributed by atoms with Crippen molar-refractivity contribution in [2.45, 2.75) is 27.2 Å². The molecule has 17 heavy (non-hydrogen) atoms. The molecule has 1 aromatic rings. The smallest absolute Gasteiger partial charge is 0.261 e. The van der Waals surface area contributed by atoms with Crippen LogP contribution in [0, 0.1) is 20.8 Å². The van der Waals surface area contributed by atoms with Crippen molar-refractivity contribution in [1.82, 2.24) is 0 Å². The van der Waals surface area contributed by atoms with Crippen molar-refractivity contribution in [1.29, 1.82) is 0 Å². The van der Waals surface area contributed by atoms with Gasteiger partial charge in [0.1, 0.15) is 13.2 Å². The maximum Gasteiger partial charge on any atom is 0.261 e. The fourth-order valence-electron chi connectivity index (χ4n) is 1.93. The van der Waals surface area contributed by atoms with E-state index in [0.29, 0.717) is 5.56 Å². The molecule has 1 aromatic carbocycles. The number of aryl methyl sites for hydroxylation is 3. The molecule has 0 aliphatic rings. The summed E-state index contributed by atoms with van der Waals surface area (Å²) in [6.07, 6.45) is -2.54. The van der Waals surface area contributed by atoms with Crippen LogP contribution in [0.4, 0.5) is 8.78 Å². The van der Waals surface area contributed by atoms with E-state index < -0.39 is 13.0 Å². The van der Waals surface area contributed by atoms with Crippen molar-refractivity contribution in [2.24, 2.45) is 0 Å². The van der Waals surface area contributed by atoms with Crippen molar-refractivity contribution < 1.29 is 18.3 Å². The van der Waals surface area contributed by atoms with Crippen LogP contribution in [0.3, 0.4) is 0 Å². The van der Waals surface area contributed by atoms with Crippen LogP contribution in [0.25, 0.3) is 0 Å². The summed E-state index contributed by atoms with van der Waals surface area (Å²) in [6.45, 7) is 4.62. The number of rotatable bonds is 5. The third-order valence-electron chi connectivity index (χ3n) is 2.43. The van der Waals surface area contributed by atoms with E-state index in [-0.39, 0.29) is 12.4 Å². The lowest BCUT2D eigenvalue weighted by Crippen LogP contribution is -2.15. The van der Waals surface area contributed by atoms with Crippen LogP contribution in [-0.2, 0) is 4.74 Å². The van der Waals surface area contributed by atoms with Crippen molar-refractivity contribution in [3.05, 3.63) is 34.4 Å². The second-order valence-corrected chi connectivity index (χ2v) is 4.10. The largest absolute Gasteiger partial charge is 0.367 e. The molecule has 1 rings (SSSR count). The van der Waals surface area contributed by atoms with E-state index in [1.165, 1.54) is 0 Å². The highest BCUT2D eigenvalue weighted by Gasteiger charge is 2.13. The molecule has 0 saturated heterocycles. The second-order valence-electron chi connectivity index (χ2n) is 4.10. The van der Waals surface area contributed by atoms with E-state index in [0.717, 1.165) is 16.7 Å². The highest BCUT2D eigenvalue weighted by molar-refractivity contribution is 5.99. The number of hydrogen-bond acceptors (Lipinski definition) is 2. The lowest BCUT2D eigenvalue weighted by Gasteiger charge is -2.10. The first-order valence-electron chi connectivity index (χ1n) is 5.38. The lowest BCUT2D eigenvalue weighted by atomic mass is 9.97. The van der Waals surface area contributed by atoms with Crippen LogP contribution in [0.5, 0.6) is 0 Å². The van der Waals surface area contributed by atoms with Crippen molar-refractivity contribution >= 4 is 5.78 Å². The average Bonchev–Trinajstić information content (AvgIpc) is 2.14. The molecule has 0 saturated carbocycles. The molecule has 94 valence electrons. The van der Waals surface area contributed by atoms with Crippen molar-refractivity contribution in [3.8, 4) is 0 Å². The topological polar surface area (TPSA) is 26.3 Å². The number of carbonyl (C=O) groups excluding carboxylic acids is 1. The van der Waals surface area contributed by atoms with E-state index in [2.05, 4.69) is 4.74 Å². The standard InChI is InChI=1S/C13H16F2O2/c1-8-4-9(2)13(10(3)5-8)11(16)6-17-7-12(14)15/h4-5,12H,6-7H2,1-3H3. The molecule has 0 heterocycles. The summed E-state index contributed by atoms with van der Waals surface area (Å²) in [6, 6.07) is 3.79. The number of halogens is 2. The predicted octanol–water partition coefficient (Wildman–Crippen LogP) is 3.08. The zero-order valence-corrected chi connectivity index (χ0v) is 10.2. The maximum atomic E-state index is 11.9. The van der Waals surface area contributed by atoms with Crippen molar-refractivity contribution in [2.75, 3.05) is 13.2 Å². The zero-order chi connectivity index (χ0) is 13.0. The van der Waals surface area contributed by atoms with Gasteiger partial charge >= 0.3 is 0 Å². The van der Waals surface area contributed by atoms with Gasteiger partial charge in [-0.15, -0.1) is 0 Å². The lowest BCUT2D eigenvalue weighted by molar-refractivity contribution is 0.0196. The summed E-state index contributed by atoms with van der Waals surface area (Å²) < 4.78 is 28.4. The Kier molecular flexibility index (Phi) is 4.75. The summed E-state index contributed by atoms with van der Waals surface area (Å²) in [5, 5.41) is 0. The van der Waals surface area contributed by atoms with Gasteiger partial charge in [-0.3, -0.25) is 4.79 Å². The Morgan fingerprint density at radius 3 is 2.24 bits per heavy atom. The van der Waals surface area contributed by atoms with Crippen LogP contribution in [0.15, 0.2) is 12.1 Å². The Bertz CT molecular complexity index is 391. The first-order chi connectivity index (χ1) is 7.91. The third-order valence-corrected chi connectivity index (χ3v) is 2.43. The highest BCUT2D eigenvalue weighted by Crippen LogP contribution is 2.17. The van der Waals surface area contributed by atoms with Gasteiger partial charge in [-0.05, 0) is 31.9 Å². The number of ether oxygens (including phenoxy) is 1. The monoisotopic (exact) mass is 242 g/mol. The number of Topliss-reactive ketones (excluding diaryl/α,β-unsaturated/α-hetero) is 1. The van der Waals surface area contributed by atoms with Crippen LogP contribution < -0.4 is 0 Å². The molecule has 0 atom stereocenters. The fourth-order valence-corrected chi connectivity index (χ4v) is 1.93. The molecule has 0 unspecified atom stereocenters. The minimum atomic E-state index is -2.54. The summed E-state index contributed by atoms with van der Waals surface area (Å²) in [5.74, 6) is -0.249. The van der Waals surface area contributed by atoms with Gasteiger partial charge in [0.05, 0.1) is 0 Å². The molecule has 0 N–H and O–H groups in total. The average molecular weight is 242 g/mol. The highest BCUT2D eigenvalue weighted by atomic mass is 19.3. The Labute approximate surface area is 99.6 Å². The molecule has 0 aromatic heterocycles. The minimum Gasteiger partial charge on any atom is -0.367 e. The molecule has 0 radical (unpaired) electrons. The van der Waals surface area contributed by atoms with Gasteiger partial charge in [0.25, 0.3) is 6.43 Å². The number of hydrogen-bond donors (Lipinski definition) is 0. The summed E-state index contributed by atoms with van der Waals surface area (Å²) in [7, 11) is 0. The predicted molar refractivity (Wildman–Crippen MR) is 61.8 cm³/mol. The number of ketones is 1. The van der Waals surface area contributed by atoms with Crippen molar-refractivity contribution in [3.63, 3.8) is 0 Å². The van der Waals surface area contributed by atoms with Crippen LogP contribution in [-0.4, -0.2) is 25.4 Å². The molecule has 0 amide bonds. The zero-order valence-electron chi connectivity index (χ0n) is 10.2. The Hall–Kier alpha value is -1.29. The van der Waals surface area contributed by atoms with E-state index in [9.17, 15) is 13.6 Å². The Morgan fingerprint density at radius 2 is 1.76 bits per heavy atom. The summed E-state index contributed by atoms with van der Waals surface area (Å²) in [4.78, 5) is 11.8. The van der Waals surface area contributed by atoms with E-state index in [4.69, 9.17) is 0 Å². The SMILES string of the molecule is Cc1cc(C)c(C(=O)COCC(F)F)c(C)c1. The molecule has 4 heteroatoms. The van der Waals surface area contributed by atoms with Gasteiger partial charge in [0.15, 0.2) is 5.78 Å².